The number of amides is 2. The molecule has 8 heteroatoms. The summed E-state index contributed by atoms with van der Waals surface area (Å²) in [6.07, 6.45) is 5.06. The number of hydrogen-bond donors (Lipinski definition) is 2. The molecule has 1 aromatic heterocycles. The summed E-state index contributed by atoms with van der Waals surface area (Å²) in [4.78, 5) is 38.0. The van der Waals surface area contributed by atoms with Gasteiger partial charge in [0.1, 0.15) is 16.9 Å². The predicted octanol–water partition coefficient (Wildman–Crippen LogP) is 4.55. The van der Waals surface area contributed by atoms with Crippen LogP contribution in [-0.2, 0) is 19.1 Å². The van der Waals surface area contributed by atoms with Gasteiger partial charge in [-0.25, -0.2) is 0 Å². The Hall–Kier alpha value is -3.55. The highest BCUT2D eigenvalue weighted by molar-refractivity contribution is 6.08. The van der Waals surface area contributed by atoms with Crippen molar-refractivity contribution in [2.24, 2.45) is 17.3 Å². The van der Waals surface area contributed by atoms with E-state index in [1.54, 1.807) is 6.07 Å². The van der Waals surface area contributed by atoms with Crippen LogP contribution in [0, 0.1) is 17.3 Å². The summed E-state index contributed by atoms with van der Waals surface area (Å²) in [5, 5.41) is 7.81. The number of benzene rings is 2. The maximum atomic E-state index is 13.3. The lowest BCUT2D eigenvalue weighted by atomic mass is 9.47. The van der Waals surface area contributed by atoms with E-state index >= 15 is 0 Å². The molecule has 0 aliphatic heterocycles. The number of furan rings is 1. The number of anilines is 1. The van der Waals surface area contributed by atoms with Gasteiger partial charge in [0.2, 0.25) is 5.91 Å². The first-order valence-corrected chi connectivity index (χ1v) is 12.5. The number of hydrogen-bond acceptors (Lipinski definition) is 6. The standard InChI is InChI=1S/C28H30N2O6/c1-16(31)30-28-12-17-7-18(13-28)11-27(10-17,15-28)26(33)35-14-25(32)29-21-9-23-20(8-24(21)34-2)19-5-3-4-6-22(19)36-23/h3-6,8-9,17-18H,7,10-15H2,1-2H3,(H,29,32)(H,30,31)/t17-,18+,27?,28?. The summed E-state index contributed by atoms with van der Waals surface area (Å²) in [6, 6.07) is 11.3. The molecule has 4 aliphatic carbocycles. The molecule has 2 amide bonds. The van der Waals surface area contributed by atoms with Gasteiger partial charge in [-0.05, 0) is 62.5 Å². The second kappa shape index (κ2) is 8.25. The molecule has 188 valence electrons. The van der Waals surface area contributed by atoms with Crippen molar-refractivity contribution in [3.63, 3.8) is 0 Å². The Bertz CT molecular complexity index is 1380. The molecule has 4 aliphatic rings. The quantitative estimate of drug-likeness (QED) is 0.491. The molecule has 4 saturated carbocycles. The van der Waals surface area contributed by atoms with Crippen molar-refractivity contribution in [2.75, 3.05) is 19.0 Å². The number of fused-ring (bicyclic) bond motifs is 3. The van der Waals surface area contributed by atoms with Gasteiger partial charge >= 0.3 is 5.97 Å². The Morgan fingerprint density at radius 1 is 1.03 bits per heavy atom. The minimum absolute atomic E-state index is 0.0600. The largest absolute Gasteiger partial charge is 0.495 e. The second-order valence-corrected chi connectivity index (χ2v) is 11.0. The van der Waals surface area contributed by atoms with E-state index in [2.05, 4.69) is 10.6 Å². The molecule has 4 fully saturated rings. The van der Waals surface area contributed by atoms with Crippen LogP contribution >= 0.6 is 0 Å². The van der Waals surface area contributed by atoms with Gasteiger partial charge in [0.15, 0.2) is 6.61 Å². The molecule has 1 heterocycles. The Balaban J connectivity index is 1.16. The van der Waals surface area contributed by atoms with E-state index in [4.69, 9.17) is 13.9 Å². The van der Waals surface area contributed by atoms with Crippen molar-refractivity contribution < 1.29 is 28.3 Å². The van der Waals surface area contributed by atoms with Crippen LogP contribution in [0.2, 0.25) is 0 Å². The molecule has 0 saturated heterocycles. The maximum absolute atomic E-state index is 13.3. The van der Waals surface area contributed by atoms with Crippen molar-refractivity contribution in [3.8, 4) is 5.75 Å². The first-order chi connectivity index (χ1) is 17.3. The highest BCUT2D eigenvalue weighted by Gasteiger charge is 2.61. The third-order valence-electron chi connectivity index (χ3n) is 8.24. The van der Waals surface area contributed by atoms with Gasteiger partial charge in [0.25, 0.3) is 5.91 Å². The lowest BCUT2D eigenvalue weighted by Gasteiger charge is -2.60. The van der Waals surface area contributed by atoms with Gasteiger partial charge in [-0.2, -0.15) is 0 Å². The van der Waals surface area contributed by atoms with E-state index in [9.17, 15) is 14.4 Å². The fourth-order valence-electron chi connectivity index (χ4n) is 7.51. The zero-order chi connectivity index (χ0) is 25.1. The van der Waals surface area contributed by atoms with Gasteiger partial charge in [0.05, 0.1) is 18.2 Å². The molecule has 4 atom stereocenters. The first kappa shape index (κ1) is 22.9. The van der Waals surface area contributed by atoms with E-state index < -0.39 is 11.3 Å². The molecule has 2 unspecified atom stereocenters. The number of carbonyl (C=O) groups excluding carboxylic acids is 3. The summed E-state index contributed by atoms with van der Waals surface area (Å²) in [5.41, 5.74) is 0.870. The Labute approximate surface area is 208 Å². The minimum atomic E-state index is -0.627. The van der Waals surface area contributed by atoms with Crippen LogP contribution in [-0.4, -0.2) is 37.0 Å². The van der Waals surface area contributed by atoms with Gasteiger partial charge in [-0.1, -0.05) is 18.2 Å². The predicted molar refractivity (Wildman–Crippen MR) is 134 cm³/mol. The molecule has 3 aromatic rings. The van der Waals surface area contributed by atoms with Crippen LogP contribution in [0.15, 0.2) is 40.8 Å². The Kier molecular flexibility index (Phi) is 5.24. The first-order valence-electron chi connectivity index (χ1n) is 12.5. The monoisotopic (exact) mass is 490 g/mol. The van der Waals surface area contributed by atoms with E-state index in [0.717, 1.165) is 48.5 Å². The topological polar surface area (TPSA) is 107 Å². The number of carbonyl (C=O) groups is 3. The van der Waals surface area contributed by atoms with Crippen LogP contribution in [0.25, 0.3) is 21.9 Å². The van der Waals surface area contributed by atoms with E-state index in [0.29, 0.717) is 35.3 Å². The molecule has 2 N–H and O–H groups in total. The van der Waals surface area contributed by atoms with Crippen LogP contribution in [0.1, 0.15) is 45.4 Å². The van der Waals surface area contributed by atoms with Crippen molar-refractivity contribution in [1.29, 1.82) is 0 Å². The molecule has 0 spiro atoms. The lowest BCUT2D eigenvalue weighted by Crippen LogP contribution is -2.64. The highest BCUT2D eigenvalue weighted by Crippen LogP contribution is 2.62. The number of nitrogens with one attached hydrogen (secondary N) is 2. The van der Waals surface area contributed by atoms with E-state index in [-0.39, 0.29) is 24.0 Å². The molecular formula is C28H30N2O6. The molecule has 0 radical (unpaired) electrons. The highest BCUT2D eigenvalue weighted by atomic mass is 16.5. The third-order valence-corrected chi connectivity index (χ3v) is 8.24. The molecule has 8 nitrogen and oxygen atoms in total. The van der Waals surface area contributed by atoms with Crippen molar-refractivity contribution in [2.45, 2.75) is 51.0 Å². The molecule has 4 bridgehead atoms. The smallest absolute Gasteiger partial charge is 0.312 e. The van der Waals surface area contributed by atoms with E-state index in [1.807, 2.05) is 30.3 Å². The zero-order valence-electron chi connectivity index (χ0n) is 20.5. The van der Waals surface area contributed by atoms with Crippen LogP contribution in [0.4, 0.5) is 5.69 Å². The minimum Gasteiger partial charge on any atom is -0.495 e. The summed E-state index contributed by atoms with van der Waals surface area (Å²) in [5.74, 6) is 0.459. The summed E-state index contributed by atoms with van der Waals surface area (Å²) >= 11 is 0. The Morgan fingerprint density at radius 3 is 2.50 bits per heavy atom. The lowest BCUT2D eigenvalue weighted by molar-refractivity contribution is -0.176. The average molecular weight is 491 g/mol. The Morgan fingerprint density at radius 2 is 1.78 bits per heavy atom. The van der Waals surface area contributed by atoms with E-state index in [1.165, 1.54) is 14.0 Å². The molecule has 2 aromatic carbocycles. The fraction of sp³-hybridized carbons (Fsp3) is 0.464. The third kappa shape index (κ3) is 3.79. The number of methoxy groups -OCH3 is 1. The van der Waals surface area contributed by atoms with Gasteiger partial charge < -0.3 is 24.5 Å². The number of esters is 1. The summed E-state index contributed by atoms with van der Waals surface area (Å²) in [7, 11) is 1.54. The fourth-order valence-corrected chi connectivity index (χ4v) is 7.51. The summed E-state index contributed by atoms with van der Waals surface area (Å²) < 4.78 is 17.0. The normalized spacial score (nSPS) is 28.3. The van der Waals surface area contributed by atoms with Crippen molar-refractivity contribution in [3.05, 3.63) is 36.4 Å². The number of ether oxygens (including phenoxy) is 2. The van der Waals surface area contributed by atoms with Crippen molar-refractivity contribution >= 4 is 45.4 Å². The summed E-state index contributed by atoms with van der Waals surface area (Å²) in [6.45, 7) is 1.15. The van der Waals surface area contributed by atoms with Gasteiger partial charge in [-0.15, -0.1) is 0 Å². The van der Waals surface area contributed by atoms with Crippen LogP contribution in [0.3, 0.4) is 0 Å². The van der Waals surface area contributed by atoms with Crippen molar-refractivity contribution in [1.82, 2.24) is 5.32 Å². The maximum Gasteiger partial charge on any atom is 0.312 e. The average Bonchev–Trinajstić information content (AvgIpc) is 3.17. The van der Waals surface area contributed by atoms with Crippen LogP contribution in [0.5, 0.6) is 5.75 Å². The molecular weight excluding hydrogens is 460 g/mol. The number of para-hydroxylation sites is 1. The number of rotatable bonds is 6. The second-order valence-electron chi connectivity index (χ2n) is 11.0. The van der Waals surface area contributed by atoms with Gasteiger partial charge in [-0.3, -0.25) is 14.4 Å². The molecule has 7 rings (SSSR count). The van der Waals surface area contributed by atoms with Gasteiger partial charge in [0, 0.05) is 29.3 Å². The SMILES string of the molecule is COc1cc2c(cc1NC(=O)COC(=O)C13C[C@@H]4C[C@@H](CC(NC(C)=O)(C4)C1)C3)oc1ccccc12. The zero-order valence-corrected chi connectivity index (χ0v) is 20.5. The van der Waals surface area contributed by atoms with Crippen LogP contribution < -0.4 is 15.4 Å². The molecule has 36 heavy (non-hydrogen) atoms.